The highest BCUT2D eigenvalue weighted by molar-refractivity contribution is 4.79. The molecular formula is C10H20O3. The van der Waals surface area contributed by atoms with Gasteiger partial charge in [0.15, 0.2) is 0 Å². The van der Waals surface area contributed by atoms with Gasteiger partial charge >= 0.3 is 0 Å². The van der Waals surface area contributed by atoms with Crippen LogP contribution in [0.2, 0.25) is 0 Å². The molecule has 1 aliphatic carbocycles. The van der Waals surface area contributed by atoms with Crippen molar-refractivity contribution in [3.63, 3.8) is 0 Å². The summed E-state index contributed by atoms with van der Waals surface area (Å²) in [5.74, 6) is 0.256. The monoisotopic (exact) mass is 188 g/mol. The molecule has 0 aromatic carbocycles. The van der Waals surface area contributed by atoms with Crippen molar-refractivity contribution in [1.29, 1.82) is 0 Å². The topological polar surface area (TPSA) is 49.7 Å². The van der Waals surface area contributed by atoms with E-state index in [1.807, 2.05) is 0 Å². The number of aliphatic hydroxyl groups is 2. The summed E-state index contributed by atoms with van der Waals surface area (Å²) in [4.78, 5) is 0. The summed E-state index contributed by atoms with van der Waals surface area (Å²) in [7, 11) is 1.73. The first-order valence-electron chi connectivity index (χ1n) is 5.04. The molecular weight excluding hydrogens is 168 g/mol. The zero-order chi connectivity index (χ0) is 9.84. The van der Waals surface area contributed by atoms with E-state index in [9.17, 15) is 10.2 Å². The quantitative estimate of drug-likeness (QED) is 0.693. The largest absolute Gasteiger partial charge is 0.391 e. The fourth-order valence-electron chi connectivity index (χ4n) is 2.06. The molecule has 3 nitrogen and oxygen atoms in total. The zero-order valence-corrected chi connectivity index (χ0v) is 8.44. The summed E-state index contributed by atoms with van der Waals surface area (Å²) in [6.07, 6.45) is 3.13. The Labute approximate surface area is 79.7 Å². The molecule has 0 aromatic heterocycles. The van der Waals surface area contributed by atoms with E-state index in [-0.39, 0.29) is 5.92 Å². The van der Waals surface area contributed by atoms with Gasteiger partial charge in [0.05, 0.1) is 18.3 Å². The predicted octanol–water partition coefficient (Wildman–Crippen LogP) is 0.933. The molecule has 1 fully saturated rings. The molecule has 2 atom stereocenters. The van der Waals surface area contributed by atoms with Crippen LogP contribution in [0.25, 0.3) is 0 Å². The van der Waals surface area contributed by atoms with E-state index in [0.717, 1.165) is 25.7 Å². The summed E-state index contributed by atoms with van der Waals surface area (Å²) >= 11 is 0. The van der Waals surface area contributed by atoms with Crippen LogP contribution in [0.4, 0.5) is 0 Å². The Balaban J connectivity index is 2.32. The highest BCUT2D eigenvalue weighted by atomic mass is 16.5. The Hall–Kier alpha value is -0.120. The molecule has 0 radical (unpaired) electrons. The lowest BCUT2D eigenvalue weighted by Crippen LogP contribution is -2.35. The minimum atomic E-state index is -0.607. The molecule has 13 heavy (non-hydrogen) atoms. The van der Waals surface area contributed by atoms with Gasteiger partial charge in [0, 0.05) is 7.11 Å². The number of hydrogen-bond donors (Lipinski definition) is 2. The van der Waals surface area contributed by atoms with Crippen LogP contribution in [0.1, 0.15) is 32.6 Å². The lowest BCUT2D eigenvalue weighted by atomic mass is 9.82. The Kier molecular flexibility index (Phi) is 4.16. The standard InChI is InChI=1S/C10H20O3/c1-7(11)10(12)8-3-5-9(13-2)6-4-8/h7-12H,3-6H2,1-2H3. The van der Waals surface area contributed by atoms with E-state index in [4.69, 9.17) is 4.74 Å². The van der Waals surface area contributed by atoms with Crippen molar-refractivity contribution < 1.29 is 14.9 Å². The predicted molar refractivity (Wildman–Crippen MR) is 50.4 cm³/mol. The minimum Gasteiger partial charge on any atom is -0.391 e. The molecule has 0 bridgehead atoms. The number of methoxy groups -OCH3 is 1. The third-order valence-electron chi connectivity index (χ3n) is 3.03. The van der Waals surface area contributed by atoms with Crippen LogP contribution in [-0.2, 0) is 4.74 Å². The molecule has 1 rings (SSSR count). The smallest absolute Gasteiger partial charge is 0.0824 e. The molecule has 2 unspecified atom stereocenters. The first-order valence-corrected chi connectivity index (χ1v) is 5.04. The first kappa shape index (κ1) is 11.0. The van der Waals surface area contributed by atoms with Crippen LogP contribution in [-0.4, -0.2) is 35.6 Å². The number of ether oxygens (including phenoxy) is 1. The van der Waals surface area contributed by atoms with Crippen molar-refractivity contribution in [3.05, 3.63) is 0 Å². The Morgan fingerprint density at radius 2 is 1.69 bits per heavy atom. The SMILES string of the molecule is COC1CCC(C(O)C(C)O)CC1. The third-order valence-corrected chi connectivity index (χ3v) is 3.03. The molecule has 0 heterocycles. The number of aliphatic hydroxyl groups excluding tert-OH is 2. The van der Waals surface area contributed by atoms with Crippen LogP contribution >= 0.6 is 0 Å². The van der Waals surface area contributed by atoms with E-state index >= 15 is 0 Å². The molecule has 0 spiro atoms. The number of hydrogen-bond acceptors (Lipinski definition) is 3. The maximum atomic E-state index is 9.62. The second-order valence-corrected chi connectivity index (χ2v) is 4.00. The molecule has 0 aromatic rings. The molecule has 1 saturated carbocycles. The number of rotatable bonds is 3. The van der Waals surface area contributed by atoms with Crippen molar-refractivity contribution in [2.24, 2.45) is 5.92 Å². The summed E-state index contributed by atoms with van der Waals surface area (Å²) in [6.45, 7) is 1.65. The highest BCUT2D eigenvalue weighted by Gasteiger charge is 2.28. The minimum absolute atomic E-state index is 0.256. The van der Waals surface area contributed by atoms with Crippen LogP contribution in [0.5, 0.6) is 0 Å². The second-order valence-electron chi connectivity index (χ2n) is 4.00. The summed E-state index contributed by atoms with van der Waals surface area (Å²) in [5, 5.41) is 18.8. The van der Waals surface area contributed by atoms with Gasteiger partial charge in [0.1, 0.15) is 0 Å². The lowest BCUT2D eigenvalue weighted by Gasteiger charge is -2.31. The maximum Gasteiger partial charge on any atom is 0.0824 e. The molecule has 1 aliphatic rings. The molecule has 2 N–H and O–H groups in total. The normalized spacial score (nSPS) is 34.2. The first-order chi connectivity index (χ1) is 6.15. The molecule has 78 valence electrons. The fourth-order valence-corrected chi connectivity index (χ4v) is 2.06. The molecule has 0 aliphatic heterocycles. The van der Waals surface area contributed by atoms with Crippen LogP contribution in [0, 0.1) is 5.92 Å². The molecule has 3 heteroatoms. The van der Waals surface area contributed by atoms with Gasteiger partial charge in [0.25, 0.3) is 0 Å². The van der Waals surface area contributed by atoms with Gasteiger partial charge in [-0.15, -0.1) is 0 Å². The van der Waals surface area contributed by atoms with E-state index in [1.165, 1.54) is 0 Å². The second kappa shape index (κ2) is 4.94. The van der Waals surface area contributed by atoms with Crippen molar-refractivity contribution in [2.45, 2.75) is 50.9 Å². The molecule has 0 saturated heterocycles. The van der Waals surface area contributed by atoms with E-state index < -0.39 is 12.2 Å². The Bertz CT molecular complexity index is 139. The van der Waals surface area contributed by atoms with Gasteiger partial charge in [-0.2, -0.15) is 0 Å². The Morgan fingerprint density at radius 3 is 2.08 bits per heavy atom. The zero-order valence-electron chi connectivity index (χ0n) is 8.44. The maximum absolute atomic E-state index is 9.62. The van der Waals surface area contributed by atoms with Gasteiger partial charge in [-0.3, -0.25) is 0 Å². The third kappa shape index (κ3) is 2.93. The summed E-state index contributed by atoms with van der Waals surface area (Å²) in [6, 6.07) is 0. The Morgan fingerprint density at radius 1 is 1.15 bits per heavy atom. The van der Waals surface area contributed by atoms with E-state index in [0.29, 0.717) is 6.10 Å². The van der Waals surface area contributed by atoms with Gasteiger partial charge < -0.3 is 14.9 Å². The van der Waals surface area contributed by atoms with Crippen LogP contribution in [0.15, 0.2) is 0 Å². The van der Waals surface area contributed by atoms with Crippen molar-refractivity contribution >= 4 is 0 Å². The van der Waals surface area contributed by atoms with Gasteiger partial charge in [0.2, 0.25) is 0 Å². The van der Waals surface area contributed by atoms with Crippen molar-refractivity contribution in [3.8, 4) is 0 Å². The van der Waals surface area contributed by atoms with E-state index in [2.05, 4.69) is 0 Å². The molecule has 0 amide bonds. The van der Waals surface area contributed by atoms with Gasteiger partial charge in [-0.1, -0.05) is 0 Å². The van der Waals surface area contributed by atoms with E-state index in [1.54, 1.807) is 14.0 Å². The highest BCUT2D eigenvalue weighted by Crippen LogP contribution is 2.29. The average molecular weight is 188 g/mol. The lowest BCUT2D eigenvalue weighted by molar-refractivity contribution is -0.0358. The summed E-state index contributed by atoms with van der Waals surface area (Å²) in [5.41, 5.74) is 0. The fraction of sp³-hybridized carbons (Fsp3) is 1.00. The van der Waals surface area contributed by atoms with Crippen molar-refractivity contribution in [2.75, 3.05) is 7.11 Å². The van der Waals surface area contributed by atoms with Gasteiger partial charge in [-0.05, 0) is 38.5 Å². The average Bonchev–Trinajstić information content (AvgIpc) is 2.17. The summed E-state index contributed by atoms with van der Waals surface area (Å²) < 4.78 is 5.24. The van der Waals surface area contributed by atoms with Crippen LogP contribution < -0.4 is 0 Å². The van der Waals surface area contributed by atoms with Crippen molar-refractivity contribution in [1.82, 2.24) is 0 Å². The van der Waals surface area contributed by atoms with Crippen LogP contribution in [0.3, 0.4) is 0 Å². The van der Waals surface area contributed by atoms with Gasteiger partial charge in [-0.25, -0.2) is 0 Å².